The maximum Gasteiger partial charge on any atom is 0.416 e. The molecule has 0 saturated heterocycles. The maximum atomic E-state index is 13.1. The van der Waals surface area contributed by atoms with Crippen LogP contribution in [0.4, 0.5) is 26.3 Å². The van der Waals surface area contributed by atoms with E-state index >= 15 is 0 Å². The first kappa shape index (κ1) is 28.7. The zero-order chi connectivity index (χ0) is 29.7. The van der Waals surface area contributed by atoms with Gasteiger partial charge in [-0.2, -0.15) is 26.3 Å². The van der Waals surface area contributed by atoms with Gasteiger partial charge in [-0.05, 0) is 80.9 Å². The number of benzene rings is 5. The smallest absolute Gasteiger partial charge is 0.166 e. The van der Waals surface area contributed by atoms with Gasteiger partial charge in [0.15, 0.2) is 0 Å². The van der Waals surface area contributed by atoms with Crippen molar-refractivity contribution in [2.24, 2.45) is 0 Å². The molecule has 0 aliphatic carbocycles. The third kappa shape index (κ3) is 6.89. The molecular weight excluding hydrogens is 546 g/mol. The van der Waals surface area contributed by atoms with Gasteiger partial charge < -0.3 is 0 Å². The molecule has 0 aromatic heterocycles. The fraction of sp³-hybridized carbons (Fsp3) is 0.0556. The van der Waals surface area contributed by atoms with Crippen LogP contribution in [-0.4, -0.2) is 0 Å². The van der Waals surface area contributed by atoms with Crippen LogP contribution in [0.2, 0.25) is 0 Å². The number of alkyl halides is 6. The molecule has 0 unspecified atom stereocenters. The molecule has 210 valence electrons. The standard InChI is InChI=1S/C36H24F6/c37-35(38,39)31-19-15-29(16-20-31)33(27-7-3-1-4-8-27)23-25-11-13-26(14-12-25)24-34(28-9-5-2-6-10-28)30-17-21-32(22-18-30)36(40,41)42/h1-24H/b33-23+,34-24+. The minimum Gasteiger partial charge on any atom is -0.166 e. The van der Waals surface area contributed by atoms with Crippen molar-refractivity contribution in [2.45, 2.75) is 12.4 Å². The van der Waals surface area contributed by atoms with Gasteiger partial charge in [0.2, 0.25) is 0 Å². The summed E-state index contributed by atoms with van der Waals surface area (Å²) < 4.78 is 78.8. The number of rotatable bonds is 6. The first-order chi connectivity index (χ1) is 20.1. The quantitative estimate of drug-likeness (QED) is 0.141. The largest absolute Gasteiger partial charge is 0.416 e. The average molecular weight is 571 g/mol. The van der Waals surface area contributed by atoms with Crippen molar-refractivity contribution in [3.05, 3.63) is 178 Å². The molecule has 0 nitrogen and oxygen atoms in total. The van der Waals surface area contributed by atoms with E-state index in [0.717, 1.165) is 57.7 Å². The molecule has 0 heterocycles. The number of halogens is 6. The maximum absolute atomic E-state index is 13.1. The second-order valence-corrected chi connectivity index (χ2v) is 9.66. The molecule has 0 spiro atoms. The van der Waals surface area contributed by atoms with E-state index in [-0.39, 0.29) is 0 Å². The third-order valence-corrected chi connectivity index (χ3v) is 6.77. The van der Waals surface area contributed by atoms with Gasteiger partial charge in [-0.3, -0.25) is 0 Å². The number of hydrogen-bond donors (Lipinski definition) is 0. The number of hydrogen-bond acceptors (Lipinski definition) is 0. The predicted octanol–water partition coefficient (Wildman–Crippen LogP) is 10.9. The first-order valence-corrected chi connectivity index (χ1v) is 13.1. The van der Waals surface area contributed by atoms with Crippen molar-refractivity contribution < 1.29 is 26.3 Å². The molecule has 0 atom stereocenters. The molecule has 0 radical (unpaired) electrons. The Hall–Kier alpha value is -4.84. The van der Waals surface area contributed by atoms with E-state index < -0.39 is 23.5 Å². The van der Waals surface area contributed by atoms with Crippen LogP contribution in [0, 0.1) is 0 Å². The van der Waals surface area contributed by atoms with Crippen LogP contribution in [0.5, 0.6) is 0 Å². The fourth-order valence-corrected chi connectivity index (χ4v) is 4.60. The van der Waals surface area contributed by atoms with Crippen LogP contribution < -0.4 is 0 Å². The van der Waals surface area contributed by atoms with Crippen molar-refractivity contribution in [1.82, 2.24) is 0 Å². The SMILES string of the molecule is FC(F)(F)c1ccc(/C(=C/c2ccc(/C=C(\c3ccccc3)c3ccc(C(F)(F)F)cc3)cc2)c2ccccc2)cc1. The molecule has 0 N–H and O–H groups in total. The molecule has 0 aliphatic rings. The highest BCUT2D eigenvalue weighted by Gasteiger charge is 2.31. The lowest BCUT2D eigenvalue weighted by molar-refractivity contribution is -0.138. The Morgan fingerprint density at radius 3 is 0.929 bits per heavy atom. The molecule has 0 fully saturated rings. The van der Waals surface area contributed by atoms with Crippen molar-refractivity contribution in [2.75, 3.05) is 0 Å². The van der Waals surface area contributed by atoms with E-state index in [1.165, 1.54) is 24.3 Å². The Morgan fingerprint density at radius 2 is 0.643 bits per heavy atom. The van der Waals surface area contributed by atoms with Crippen molar-refractivity contribution in [1.29, 1.82) is 0 Å². The Bertz CT molecular complexity index is 1550. The highest BCUT2D eigenvalue weighted by atomic mass is 19.4. The summed E-state index contributed by atoms with van der Waals surface area (Å²) >= 11 is 0. The monoisotopic (exact) mass is 570 g/mol. The predicted molar refractivity (Wildman–Crippen MR) is 156 cm³/mol. The molecule has 0 saturated carbocycles. The van der Waals surface area contributed by atoms with E-state index in [4.69, 9.17) is 0 Å². The summed E-state index contributed by atoms with van der Waals surface area (Å²) in [6, 6.07) is 36.6. The lowest BCUT2D eigenvalue weighted by atomic mass is 9.93. The topological polar surface area (TPSA) is 0 Å². The minimum atomic E-state index is -4.42. The Labute approximate surface area is 239 Å². The van der Waals surface area contributed by atoms with Gasteiger partial charge >= 0.3 is 12.4 Å². The van der Waals surface area contributed by atoms with Gasteiger partial charge in [0.25, 0.3) is 0 Å². The molecule has 42 heavy (non-hydrogen) atoms. The molecule has 6 heteroatoms. The summed E-state index contributed by atoms with van der Waals surface area (Å²) in [4.78, 5) is 0. The highest BCUT2D eigenvalue weighted by molar-refractivity contribution is 5.93. The first-order valence-electron chi connectivity index (χ1n) is 13.1. The minimum absolute atomic E-state index is 0.645. The van der Waals surface area contributed by atoms with E-state index in [9.17, 15) is 26.3 Å². The van der Waals surface area contributed by atoms with Gasteiger partial charge in [-0.15, -0.1) is 0 Å². The zero-order valence-electron chi connectivity index (χ0n) is 22.1. The Kier molecular flexibility index (Phi) is 8.16. The second-order valence-electron chi connectivity index (χ2n) is 9.66. The Morgan fingerprint density at radius 1 is 0.357 bits per heavy atom. The normalized spacial score (nSPS) is 12.8. The van der Waals surface area contributed by atoms with Gasteiger partial charge in [0.05, 0.1) is 11.1 Å². The molecule has 0 amide bonds. The van der Waals surface area contributed by atoms with Crippen LogP contribution in [0.25, 0.3) is 23.3 Å². The van der Waals surface area contributed by atoms with Crippen LogP contribution in [-0.2, 0) is 12.4 Å². The van der Waals surface area contributed by atoms with E-state index in [1.54, 1.807) is 0 Å². The summed E-state index contributed by atoms with van der Waals surface area (Å²) in [5.41, 5.74) is 4.78. The Balaban J connectivity index is 1.51. The molecule has 5 aromatic rings. The van der Waals surface area contributed by atoms with Gasteiger partial charge in [0, 0.05) is 0 Å². The molecule has 0 aliphatic heterocycles. The van der Waals surface area contributed by atoms with Crippen molar-refractivity contribution >= 4 is 23.3 Å². The van der Waals surface area contributed by atoms with Crippen LogP contribution in [0.3, 0.4) is 0 Å². The molecule has 5 rings (SSSR count). The molecule has 5 aromatic carbocycles. The highest BCUT2D eigenvalue weighted by Crippen LogP contribution is 2.34. The van der Waals surface area contributed by atoms with Crippen molar-refractivity contribution in [3.63, 3.8) is 0 Å². The summed E-state index contributed by atoms with van der Waals surface area (Å²) in [7, 11) is 0. The van der Waals surface area contributed by atoms with E-state index in [2.05, 4.69) is 0 Å². The van der Waals surface area contributed by atoms with Gasteiger partial charge in [-0.25, -0.2) is 0 Å². The molecular formula is C36H24F6. The summed E-state index contributed by atoms with van der Waals surface area (Å²) in [5, 5.41) is 0. The zero-order valence-corrected chi connectivity index (χ0v) is 22.1. The molecule has 0 bridgehead atoms. The van der Waals surface area contributed by atoms with E-state index in [1.807, 2.05) is 97.1 Å². The summed E-state index contributed by atoms with van der Waals surface area (Å²) in [6.45, 7) is 0. The summed E-state index contributed by atoms with van der Waals surface area (Å²) in [5.74, 6) is 0. The summed E-state index contributed by atoms with van der Waals surface area (Å²) in [6.07, 6.45) is -5.01. The van der Waals surface area contributed by atoms with Gasteiger partial charge in [-0.1, -0.05) is 109 Å². The van der Waals surface area contributed by atoms with Crippen LogP contribution >= 0.6 is 0 Å². The average Bonchev–Trinajstić information content (AvgIpc) is 2.99. The lowest BCUT2D eigenvalue weighted by Crippen LogP contribution is -2.04. The van der Waals surface area contributed by atoms with Gasteiger partial charge in [0.1, 0.15) is 0 Å². The lowest BCUT2D eigenvalue weighted by Gasteiger charge is -2.12. The van der Waals surface area contributed by atoms with Crippen LogP contribution in [0.15, 0.2) is 133 Å². The van der Waals surface area contributed by atoms with Crippen LogP contribution in [0.1, 0.15) is 44.5 Å². The third-order valence-electron chi connectivity index (χ3n) is 6.77. The second kappa shape index (κ2) is 12.0. The van der Waals surface area contributed by atoms with E-state index in [0.29, 0.717) is 11.1 Å². The fourth-order valence-electron chi connectivity index (χ4n) is 4.60. The van der Waals surface area contributed by atoms with Crippen molar-refractivity contribution in [3.8, 4) is 0 Å².